The number of hydrogen-bond donors (Lipinski definition) is 2. The zero-order chi connectivity index (χ0) is 42.7. The lowest BCUT2D eigenvalue weighted by atomic mass is 10.2. The van der Waals surface area contributed by atoms with Gasteiger partial charge >= 0.3 is 0 Å². The molecule has 0 bridgehead atoms. The Morgan fingerprint density at radius 1 is 0.590 bits per heavy atom. The second-order valence-electron chi connectivity index (χ2n) is 13.6. The molecule has 4 aromatic carbocycles. The lowest BCUT2D eigenvalue weighted by molar-refractivity contribution is 0.415. The van der Waals surface area contributed by atoms with Crippen molar-refractivity contribution in [1.82, 2.24) is 23.7 Å². The van der Waals surface area contributed by atoms with Crippen molar-refractivity contribution < 1.29 is 9.47 Å². The Bertz CT molecular complexity index is 2470. The van der Waals surface area contributed by atoms with Gasteiger partial charge in [0.1, 0.15) is 22.9 Å². The van der Waals surface area contributed by atoms with E-state index in [-0.39, 0.29) is 0 Å². The lowest BCUT2D eigenvalue weighted by Gasteiger charge is -2.22. The molecule has 0 fully saturated rings. The monoisotopic (exact) mass is 875 g/mol. The van der Waals surface area contributed by atoms with E-state index in [0.717, 1.165) is 89.5 Å². The molecular formula is C43H49N13O2S3. The number of hydrogen-bond acceptors (Lipinski definition) is 18. The molecule has 0 atom stereocenters. The van der Waals surface area contributed by atoms with E-state index in [1.54, 1.807) is 26.0 Å². The summed E-state index contributed by atoms with van der Waals surface area (Å²) in [5.74, 6) is 3.02. The number of thioether (sulfide) groups is 1. The molecule has 0 saturated carbocycles. The summed E-state index contributed by atoms with van der Waals surface area (Å²) in [5, 5.41) is 29.5. The summed E-state index contributed by atoms with van der Waals surface area (Å²) in [5.41, 5.74) is 6.31. The SMILES string of the molecule is CCCCSc1nc(Nc2cc(N(CC)CC)ccc2N=Nc2snc3ccc(OC)cc23)nc(Nc2cc(N(CC)CC)ccc2N=Nc2snc3ccc(OC)cc23)n1. The first kappa shape index (κ1) is 43.1. The fraction of sp³-hybridized carbons (Fsp3) is 0.326. The van der Waals surface area contributed by atoms with Crippen molar-refractivity contribution in [2.24, 2.45) is 20.5 Å². The highest BCUT2D eigenvalue weighted by Gasteiger charge is 2.16. The number of nitrogens with one attached hydrogen (secondary N) is 2. The zero-order valence-corrected chi connectivity index (χ0v) is 37.8. The van der Waals surface area contributed by atoms with Crippen LogP contribution < -0.4 is 29.9 Å². The van der Waals surface area contributed by atoms with E-state index >= 15 is 0 Å². The number of ether oxygens (including phenoxy) is 2. The van der Waals surface area contributed by atoms with Crippen LogP contribution in [0.5, 0.6) is 11.5 Å². The van der Waals surface area contributed by atoms with Crippen LogP contribution in [-0.2, 0) is 0 Å². The highest BCUT2D eigenvalue weighted by atomic mass is 32.2. The Balaban J connectivity index is 1.27. The molecule has 3 heterocycles. The van der Waals surface area contributed by atoms with Gasteiger partial charge in [0, 0.05) is 54.1 Å². The van der Waals surface area contributed by atoms with Crippen LogP contribution in [0.25, 0.3) is 21.8 Å². The summed E-state index contributed by atoms with van der Waals surface area (Å²) in [6.07, 6.45) is 2.07. The third-order valence-electron chi connectivity index (χ3n) is 9.88. The number of aromatic nitrogens is 5. The van der Waals surface area contributed by atoms with Gasteiger partial charge in [-0.1, -0.05) is 25.1 Å². The van der Waals surface area contributed by atoms with Gasteiger partial charge in [-0.15, -0.1) is 20.5 Å². The lowest BCUT2D eigenvalue weighted by Crippen LogP contribution is -2.21. The summed E-state index contributed by atoms with van der Waals surface area (Å²) in [6.45, 7) is 14.1. The van der Waals surface area contributed by atoms with Crippen molar-refractivity contribution in [2.45, 2.75) is 52.6 Å². The van der Waals surface area contributed by atoms with Crippen LogP contribution in [0.2, 0.25) is 0 Å². The molecule has 0 radical (unpaired) electrons. The maximum absolute atomic E-state index is 5.47. The van der Waals surface area contributed by atoms with Gasteiger partial charge < -0.3 is 29.9 Å². The smallest absolute Gasteiger partial charge is 0.233 e. The summed E-state index contributed by atoms with van der Waals surface area (Å²) < 4.78 is 20.1. The fourth-order valence-electron chi connectivity index (χ4n) is 6.49. The predicted molar refractivity (Wildman–Crippen MR) is 253 cm³/mol. The van der Waals surface area contributed by atoms with E-state index in [4.69, 9.17) is 34.7 Å². The van der Waals surface area contributed by atoms with Crippen LogP contribution in [0.15, 0.2) is 98.4 Å². The summed E-state index contributed by atoms with van der Waals surface area (Å²) >= 11 is 4.16. The van der Waals surface area contributed by atoms with Gasteiger partial charge in [-0.25, -0.2) is 0 Å². The molecule has 0 saturated heterocycles. The van der Waals surface area contributed by atoms with E-state index < -0.39 is 0 Å². The molecule has 3 aromatic heterocycles. The molecule has 316 valence electrons. The largest absolute Gasteiger partial charge is 0.497 e. The third kappa shape index (κ3) is 10.3. The molecule has 0 unspecified atom stereocenters. The standard InChI is InChI=1S/C43H49N13O2S3/c1-8-13-22-59-43-47-41(44-37-23-27(55(9-2)10-3)14-18-35(37)49-51-39-31-25-29(57-6)16-20-33(31)53-60-39)46-42(48-43)45-38-24-28(56(11-4)12-5)15-19-36(38)50-52-40-32-26-30(58-7)17-21-34(32)54-61-40/h14-21,23-26H,8-13,22H2,1-7H3,(H2,44,45,46,47,48). The molecule has 0 amide bonds. The van der Waals surface area contributed by atoms with Gasteiger partial charge in [0.05, 0.1) is 36.6 Å². The molecule has 7 rings (SSSR count). The first-order valence-electron chi connectivity index (χ1n) is 20.3. The number of fused-ring (bicyclic) bond motifs is 2. The molecule has 0 aliphatic carbocycles. The van der Waals surface area contributed by atoms with Gasteiger partial charge in [-0.2, -0.15) is 23.7 Å². The van der Waals surface area contributed by atoms with Crippen LogP contribution in [0.3, 0.4) is 0 Å². The number of benzene rings is 4. The van der Waals surface area contributed by atoms with E-state index in [9.17, 15) is 0 Å². The van der Waals surface area contributed by atoms with Crippen molar-refractivity contribution in [2.75, 3.05) is 66.6 Å². The summed E-state index contributed by atoms with van der Waals surface area (Å²) in [6, 6.07) is 23.6. The number of nitrogens with zero attached hydrogens (tertiary/aromatic N) is 11. The van der Waals surface area contributed by atoms with E-state index in [1.807, 2.05) is 48.5 Å². The maximum Gasteiger partial charge on any atom is 0.233 e. The van der Waals surface area contributed by atoms with Crippen molar-refractivity contribution >= 4 is 113 Å². The number of rotatable bonds is 20. The average Bonchev–Trinajstić information content (AvgIpc) is 3.89. The fourth-order valence-corrected chi connectivity index (χ4v) is 8.77. The second-order valence-corrected chi connectivity index (χ2v) is 16.2. The van der Waals surface area contributed by atoms with E-state index in [0.29, 0.717) is 49.8 Å². The van der Waals surface area contributed by atoms with E-state index in [1.165, 1.54) is 23.1 Å². The highest BCUT2D eigenvalue weighted by molar-refractivity contribution is 7.99. The van der Waals surface area contributed by atoms with Crippen molar-refractivity contribution in [1.29, 1.82) is 0 Å². The van der Waals surface area contributed by atoms with Crippen molar-refractivity contribution in [3.63, 3.8) is 0 Å². The van der Waals surface area contributed by atoms with Crippen LogP contribution in [-0.4, -0.2) is 69.9 Å². The van der Waals surface area contributed by atoms with E-state index in [2.05, 4.69) is 98.3 Å². The first-order chi connectivity index (χ1) is 29.9. The molecule has 0 aliphatic heterocycles. The predicted octanol–water partition coefficient (Wildman–Crippen LogP) is 13.0. The molecule has 18 heteroatoms. The first-order valence-corrected chi connectivity index (χ1v) is 22.8. The molecule has 61 heavy (non-hydrogen) atoms. The van der Waals surface area contributed by atoms with Gasteiger partial charge in [-0.05, 0) is 130 Å². The Morgan fingerprint density at radius 3 is 1.49 bits per heavy atom. The van der Waals surface area contributed by atoms with Gasteiger partial charge in [0.25, 0.3) is 0 Å². The number of unbranched alkanes of at least 4 members (excludes halogenated alkanes) is 1. The normalized spacial score (nSPS) is 11.6. The minimum atomic E-state index is 0.353. The van der Waals surface area contributed by atoms with Crippen molar-refractivity contribution in [3.8, 4) is 11.5 Å². The van der Waals surface area contributed by atoms with Gasteiger partial charge in [-0.3, -0.25) is 0 Å². The molecule has 0 spiro atoms. The van der Waals surface area contributed by atoms with Crippen LogP contribution in [0.4, 0.5) is 56.0 Å². The quantitative estimate of drug-likeness (QED) is 0.0424. The number of anilines is 6. The number of methoxy groups -OCH3 is 2. The van der Waals surface area contributed by atoms with Gasteiger partial charge in [0.15, 0.2) is 15.2 Å². The Hall–Kier alpha value is -5.98. The van der Waals surface area contributed by atoms with Crippen LogP contribution in [0.1, 0.15) is 47.5 Å². The minimum absolute atomic E-state index is 0.353. The zero-order valence-electron chi connectivity index (χ0n) is 35.3. The minimum Gasteiger partial charge on any atom is -0.497 e. The molecular weight excluding hydrogens is 827 g/mol. The molecule has 0 aliphatic rings. The number of azo groups is 2. The van der Waals surface area contributed by atoms with Crippen LogP contribution >= 0.6 is 34.8 Å². The average molecular weight is 876 g/mol. The third-order valence-corrected chi connectivity index (χ3v) is 12.3. The molecule has 7 aromatic rings. The Labute approximate surface area is 368 Å². The van der Waals surface area contributed by atoms with Crippen LogP contribution in [0, 0.1) is 0 Å². The Kier molecular flexibility index (Phi) is 14.5. The molecule has 2 N–H and O–H groups in total. The van der Waals surface area contributed by atoms with Crippen molar-refractivity contribution in [3.05, 3.63) is 72.8 Å². The molecule has 15 nitrogen and oxygen atoms in total. The second kappa shape index (κ2) is 20.5. The Morgan fingerprint density at radius 2 is 1.07 bits per heavy atom. The highest BCUT2D eigenvalue weighted by Crippen LogP contribution is 2.40. The maximum atomic E-state index is 5.47. The summed E-state index contributed by atoms with van der Waals surface area (Å²) in [4.78, 5) is 19.3. The summed E-state index contributed by atoms with van der Waals surface area (Å²) in [7, 11) is 3.29. The van der Waals surface area contributed by atoms with Gasteiger partial charge in [0.2, 0.25) is 11.9 Å². The topological polar surface area (TPSA) is 163 Å².